The Morgan fingerprint density at radius 3 is 1.82 bits per heavy atom. The van der Waals surface area contributed by atoms with Crippen molar-refractivity contribution in [1.82, 2.24) is 0 Å². The zero-order valence-electron chi connectivity index (χ0n) is 11.9. The lowest BCUT2D eigenvalue weighted by Crippen LogP contribution is -2.23. The van der Waals surface area contributed by atoms with Gasteiger partial charge in [-0.3, -0.25) is 0 Å². The van der Waals surface area contributed by atoms with Gasteiger partial charge in [0.15, 0.2) is 0 Å². The van der Waals surface area contributed by atoms with E-state index in [1.165, 1.54) is 51.4 Å². The van der Waals surface area contributed by atoms with Crippen molar-refractivity contribution < 1.29 is 0 Å². The molecule has 0 heteroatoms. The Kier molecular flexibility index (Phi) is 2.88. The first-order chi connectivity index (χ1) is 8.07. The summed E-state index contributed by atoms with van der Waals surface area (Å²) in [6, 6.07) is 0. The van der Waals surface area contributed by atoms with Gasteiger partial charge in [-0.15, -0.1) is 0 Å². The van der Waals surface area contributed by atoms with Gasteiger partial charge in [0.2, 0.25) is 0 Å². The summed E-state index contributed by atoms with van der Waals surface area (Å²) in [6.07, 6.45) is 11.8. The first-order valence-electron chi connectivity index (χ1n) is 7.79. The molecule has 0 N–H and O–H groups in total. The molecular weight excluding hydrogens is 204 g/mol. The lowest BCUT2D eigenvalue weighted by atomic mass is 9.71. The highest BCUT2D eigenvalue weighted by atomic mass is 14.5. The summed E-state index contributed by atoms with van der Waals surface area (Å²) in [5.74, 6) is 3.09. The van der Waals surface area contributed by atoms with E-state index in [0.29, 0.717) is 5.41 Å². The Morgan fingerprint density at radius 1 is 0.824 bits per heavy atom. The van der Waals surface area contributed by atoms with Crippen LogP contribution >= 0.6 is 0 Å². The van der Waals surface area contributed by atoms with Gasteiger partial charge in [-0.2, -0.15) is 0 Å². The number of rotatable bonds is 0. The first kappa shape index (κ1) is 11.8. The highest BCUT2D eigenvalue weighted by Gasteiger charge is 2.46. The molecule has 0 aromatic rings. The smallest absolute Gasteiger partial charge is 0.0132 e. The zero-order valence-corrected chi connectivity index (χ0v) is 11.9. The first-order valence-corrected chi connectivity index (χ1v) is 7.79. The van der Waals surface area contributed by atoms with Crippen molar-refractivity contribution in [3.63, 3.8) is 0 Å². The van der Waals surface area contributed by atoms with Crippen molar-refractivity contribution >= 4 is 0 Å². The second kappa shape index (κ2) is 4.14. The van der Waals surface area contributed by atoms with Crippen LogP contribution < -0.4 is 0 Å². The summed E-state index contributed by atoms with van der Waals surface area (Å²) < 4.78 is 0. The average Bonchev–Trinajstić information content (AvgIpc) is 3.02. The maximum absolute atomic E-state index is 2.42. The van der Waals surface area contributed by atoms with Crippen LogP contribution in [0, 0.1) is 23.2 Å². The molecule has 0 amide bonds. The molecule has 96 valence electrons. The molecule has 3 rings (SSSR count). The van der Waals surface area contributed by atoms with Crippen LogP contribution in [0.1, 0.15) is 72.1 Å². The van der Waals surface area contributed by atoms with Gasteiger partial charge in [0.05, 0.1) is 0 Å². The van der Waals surface area contributed by atoms with Crippen LogP contribution in [0.4, 0.5) is 0 Å². The quantitative estimate of drug-likeness (QED) is 0.495. The number of hydrogen-bond acceptors (Lipinski definition) is 0. The summed E-state index contributed by atoms with van der Waals surface area (Å²) in [7, 11) is 0. The lowest BCUT2D eigenvalue weighted by molar-refractivity contribution is 0.197. The van der Waals surface area contributed by atoms with Gasteiger partial charge in [0.25, 0.3) is 0 Å². The number of allylic oxidation sites excluding steroid dienone is 2. The second-order valence-electron chi connectivity index (χ2n) is 7.70. The average molecular weight is 232 g/mol. The molecule has 3 saturated carbocycles. The predicted molar refractivity (Wildman–Crippen MR) is 73.9 cm³/mol. The Hall–Kier alpha value is -0.260. The summed E-state index contributed by atoms with van der Waals surface area (Å²) in [6.45, 7) is 7.27. The molecule has 0 bridgehead atoms. The van der Waals surface area contributed by atoms with Gasteiger partial charge in [0, 0.05) is 0 Å². The van der Waals surface area contributed by atoms with Gasteiger partial charge >= 0.3 is 0 Å². The van der Waals surface area contributed by atoms with Crippen LogP contribution in [-0.4, -0.2) is 0 Å². The zero-order chi connectivity index (χ0) is 12.0. The second-order valence-corrected chi connectivity index (χ2v) is 7.70. The molecule has 3 fully saturated rings. The molecule has 3 aliphatic rings. The van der Waals surface area contributed by atoms with Crippen molar-refractivity contribution in [1.29, 1.82) is 0 Å². The fraction of sp³-hybridized carbons (Fsp3) is 0.882. The molecule has 0 nitrogen and oxygen atoms in total. The molecule has 0 saturated heterocycles. The molecule has 0 aliphatic heterocycles. The van der Waals surface area contributed by atoms with E-state index in [4.69, 9.17) is 0 Å². The molecule has 17 heavy (non-hydrogen) atoms. The predicted octanol–water partition coefficient (Wildman–Crippen LogP) is 5.34. The van der Waals surface area contributed by atoms with E-state index >= 15 is 0 Å². The highest BCUT2D eigenvalue weighted by Crippen LogP contribution is 2.58. The minimum absolute atomic E-state index is 0.534. The highest BCUT2D eigenvalue weighted by molar-refractivity contribution is 5.36. The van der Waals surface area contributed by atoms with Crippen molar-refractivity contribution in [3.8, 4) is 0 Å². The van der Waals surface area contributed by atoms with E-state index in [9.17, 15) is 0 Å². The minimum Gasteiger partial charge on any atom is -0.0704 e. The normalized spacial score (nSPS) is 37.9. The van der Waals surface area contributed by atoms with Crippen LogP contribution in [0.5, 0.6) is 0 Å². The largest absolute Gasteiger partial charge is 0.0704 e. The molecule has 0 radical (unpaired) electrons. The molecule has 0 heterocycles. The summed E-state index contributed by atoms with van der Waals surface area (Å²) in [4.78, 5) is 0. The Labute approximate surface area is 107 Å². The fourth-order valence-corrected chi connectivity index (χ4v) is 4.47. The Morgan fingerprint density at radius 2 is 1.35 bits per heavy atom. The van der Waals surface area contributed by atoms with Crippen molar-refractivity contribution in [2.24, 2.45) is 23.2 Å². The minimum atomic E-state index is 0.534. The molecule has 0 spiro atoms. The monoisotopic (exact) mass is 232 g/mol. The number of fused-ring (bicyclic) bond motifs is 1. The van der Waals surface area contributed by atoms with Crippen LogP contribution in [0.15, 0.2) is 11.1 Å². The fourth-order valence-electron chi connectivity index (χ4n) is 4.47. The van der Waals surface area contributed by atoms with E-state index in [0.717, 1.165) is 17.8 Å². The third kappa shape index (κ3) is 2.20. The van der Waals surface area contributed by atoms with Gasteiger partial charge in [-0.05, 0) is 61.7 Å². The lowest BCUT2D eigenvalue weighted by Gasteiger charge is -2.34. The summed E-state index contributed by atoms with van der Waals surface area (Å²) in [5.41, 5.74) is 4.39. The van der Waals surface area contributed by atoms with Gasteiger partial charge in [-0.1, -0.05) is 44.8 Å². The SMILES string of the molecule is CC(C)(C)C1CCC(=C2[C@H]3CCCC[C@@H]23)CC1. The Bertz CT molecular complexity index is 304. The molecule has 3 aliphatic carbocycles. The van der Waals surface area contributed by atoms with Crippen LogP contribution in [0.2, 0.25) is 0 Å². The maximum atomic E-state index is 2.42. The molecule has 2 atom stereocenters. The molecular formula is C17H28. The van der Waals surface area contributed by atoms with Crippen molar-refractivity contribution in [2.75, 3.05) is 0 Å². The third-order valence-electron chi connectivity index (χ3n) is 5.68. The van der Waals surface area contributed by atoms with Crippen LogP contribution in [-0.2, 0) is 0 Å². The van der Waals surface area contributed by atoms with Gasteiger partial charge in [0.1, 0.15) is 0 Å². The molecule has 0 aromatic carbocycles. The van der Waals surface area contributed by atoms with Gasteiger partial charge < -0.3 is 0 Å². The van der Waals surface area contributed by atoms with Gasteiger partial charge in [-0.25, -0.2) is 0 Å². The Balaban J connectivity index is 1.64. The third-order valence-corrected chi connectivity index (χ3v) is 5.68. The van der Waals surface area contributed by atoms with E-state index < -0.39 is 0 Å². The standard InChI is InChI=1S/C17H28/c1-17(2,3)13-10-8-12(9-11-13)16-14-6-4-5-7-15(14)16/h13-15H,4-11H2,1-3H3/t13?,14-,15+. The van der Waals surface area contributed by atoms with E-state index in [1.54, 1.807) is 0 Å². The van der Waals surface area contributed by atoms with Crippen molar-refractivity contribution in [2.45, 2.75) is 72.1 Å². The molecule has 0 unspecified atom stereocenters. The van der Waals surface area contributed by atoms with Crippen LogP contribution in [0.25, 0.3) is 0 Å². The van der Waals surface area contributed by atoms with E-state index in [2.05, 4.69) is 20.8 Å². The topological polar surface area (TPSA) is 0 Å². The molecule has 0 aromatic heterocycles. The summed E-state index contributed by atoms with van der Waals surface area (Å²) >= 11 is 0. The number of hydrogen-bond donors (Lipinski definition) is 0. The van der Waals surface area contributed by atoms with Crippen molar-refractivity contribution in [3.05, 3.63) is 11.1 Å². The van der Waals surface area contributed by atoms with Crippen LogP contribution in [0.3, 0.4) is 0 Å². The maximum Gasteiger partial charge on any atom is -0.0132 e. The van der Waals surface area contributed by atoms with E-state index in [1.807, 2.05) is 11.1 Å². The van der Waals surface area contributed by atoms with E-state index in [-0.39, 0.29) is 0 Å². The summed E-state index contributed by atoms with van der Waals surface area (Å²) in [5, 5.41) is 0.